The summed E-state index contributed by atoms with van der Waals surface area (Å²) in [6.07, 6.45) is 5.66. The average Bonchev–Trinajstić information content (AvgIpc) is 2.57. The first-order chi connectivity index (χ1) is 10.6. The van der Waals surface area contributed by atoms with E-state index in [1.54, 1.807) is 0 Å². The molecule has 0 aliphatic heterocycles. The molecular weight excluding hydrogens is 278 g/mol. The van der Waals surface area contributed by atoms with Gasteiger partial charge in [-0.15, -0.1) is 0 Å². The van der Waals surface area contributed by atoms with E-state index in [0.29, 0.717) is 6.42 Å². The molecule has 2 N–H and O–H groups in total. The zero-order valence-electron chi connectivity index (χ0n) is 13.2. The summed E-state index contributed by atoms with van der Waals surface area (Å²) >= 11 is 0. The third-order valence-electron chi connectivity index (χ3n) is 4.88. The van der Waals surface area contributed by atoms with Crippen LogP contribution in [0.15, 0.2) is 30.3 Å². The molecule has 4 nitrogen and oxygen atoms in total. The Balaban J connectivity index is 2.10. The predicted molar refractivity (Wildman–Crippen MR) is 85.6 cm³/mol. The minimum absolute atomic E-state index is 0.00899. The van der Waals surface area contributed by atoms with Crippen LogP contribution in [0.3, 0.4) is 0 Å². The van der Waals surface area contributed by atoms with E-state index in [2.05, 4.69) is 5.32 Å². The van der Waals surface area contributed by atoms with E-state index < -0.39 is 11.4 Å². The van der Waals surface area contributed by atoms with Gasteiger partial charge in [0.2, 0.25) is 5.91 Å². The molecule has 0 heterocycles. The Morgan fingerprint density at radius 2 is 1.82 bits per heavy atom. The summed E-state index contributed by atoms with van der Waals surface area (Å²) in [6.45, 7) is 2.01. The van der Waals surface area contributed by atoms with Gasteiger partial charge in [0, 0.05) is 12.5 Å². The highest BCUT2D eigenvalue weighted by atomic mass is 16.4. The molecule has 0 bridgehead atoms. The van der Waals surface area contributed by atoms with Crippen molar-refractivity contribution in [1.29, 1.82) is 0 Å². The molecule has 1 aliphatic rings. The molecular formula is C18H25NO3. The molecule has 0 spiro atoms. The number of benzene rings is 1. The predicted octanol–water partition coefficient (Wildman–Crippen LogP) is 3.12. The number of hydrogen-bond acceptors (Lipinski definition) is 2. The molecule has 22 heavy (non-hydrogen) atoms. The lowest BCUT2D eigenvalue weighted by molar-refractivity contribution is -0.144. The van der Waals surface area contributed by atoms with Crippen molar-refractivity contribution in [2.24, 2.45) is 5.92 Å². The zero-order valence-corrected chi connectivity index (χ0v) is 13.2. The Labute approximate surface area is 131 Å². The highest BCUT2D eigenvalue weighted by Crippen LogP contribution is 2.29. The normalized spacial score (nSPS) is 18.4. The molecule has 2 rings (SSSR count). The molecule has 1 aromatic rings. The van der Waals surface area contributed by atoms with Gasteiger partial charge in [-0.1, -0.05) is 56.5 Å². The van der Waals surface area contributed by atoms with Gasteiger partial charge < -0.3 is 10.4 Å². The fourth-order valence-corrected chi connectivity index (χ4v) is 3.29. The van der Waals surface area contributed by atoms with Crippen LogP contribution in [-0.4, -0.2) is 23.5 Å². The number of aliphatic carboxylic acids is 1. The first-order valence-electron chi connectivity index (χ1n) is 8.17. The first kappa shape index (κ1) is 16.5. The number of rotatable bonds is 6. The second-order valence-electron chi connectivity index (χ2n) is 6.16. The van der Waals surface area contributed by atoms with Crippen LogP contribution in [0.4, 0.5) is 0 Å². The molecule has 0 saturated heterocycles. The van der Waals surface area contributed by atoms with E-state index in [-0.39, 0.29) is 18.4 Å². The summed E-state index contributed by atoms with van der Waals surface area (Å²) in [7, 11) is 0. The van der Waals surface area contributed by atoms with E-state index in [9.17, 15) is 14.7 Å². The number of hydrogen-bond donors (Lipinski definition) is 2. The zero-order chi connectivity index (χ0) is 16.0. The summed E-state index contributed by atoms with van der Waals surface area (Å²) in [5.74, 6) is -0.826. The van der Waals surface area contributed by atoms with Gasteiger partial charge in [0.1, 0.15) is 5.41 Å². The van der Waals surface area contributed by atoms with Crippen molar-refractivity contribution in [1.82, 2.24) is 5.32 Å². The van der Waals surface area contributed by atoms with Gasteiger partial charge in [-0.2, -0.15) is 0 Å². The smallest absolute Gasteiger partial charge is 0.315 e. The van der Waals surface area contributed by atoms with Gasteiger partial charge >= 0.3 is 5.97 Å². The van der Waals surface area contributed by atoms with Crippen LogP contribution < -0.4 is 5.32 Å². The molecule has 120 valence electrons. The van der Waals surface area contributed by atoms with Crippen LogP contribution in [0.5, 0.6) is 0 Å². The second-order valence-corrected chi connectivity index (χ2v) is 6.16. The maximum atomic E-state index is 12.3. The summed E-state index contributed by atoms with van der Waals surface area (Å²) in [6, 6.07) is 9.19. The third-order valence-corrected chi connectivity index (χ3v) is 4.88. The third kappa shape index (κ3) is 3.49. The number of carbonyl (C=O) groups is 2. The van der Waals surface area contributed by atoms with Crippen molar-refractivity contribution in [2.75, 3.05) is 6.54 Å². The van der Waals surface area contributed by atoms with Crippen LogP contribution in [0.1, 0.15) is 51.0 Å². The van der Waals surface area contributed by atoms with Crippen LogP contribution >= 0.6 is 0 Å². The topological polar surface area (TPSA) is 66.4 Å². The van der Waals surface area contributed by atoms with Gasteiger partial charge in [-0.25, -0.2) is 0 Å². The minimum atomic E-state index is -1.05. The summed E-state index contributed by atoms with van der Waals surface area (Å²) < 4.78 is 0. The lowest BCUT2D eigenvalue weighted by Crippen LogP contribution is -2.47. The van der Waals surface area contributed by atoms with Gasteiger partial charge in [0.25, 0.3) is 0 Å². The number of amides is 1. The van der Waals surface area contributed by atoms with E-state index >= 15 is 0 Å². The second kappa shape index (κ2) is 7.43. The quantitative estimate of drug-likeness (QED) is 0.848. The molecule has 4 heteroatoms. The number of carbonyl (C=O) groups excluding carboxylic acids is 1. The van der Waals surface area contributed by atoms with Crippen molar-refractivity contribution >= 4 is 11.9 Å². The molecule has 0 aromatic heterocycles. The maximum absolute atomic E-state index is 12.3. The van der Waals surface area contributed by atoms with Crippen molar-refractivity contribution < 1.29 is 14.7 Å². The maximum Gasteiger partial charge on any atom is 0.315 e. The molecule has 1 amide bonds. The summed E-state index contributed by atoms with van der Waals surface area (Å²) in [5, 5.41) is 12.7. The van der Waals surface area contributed by atoms with Crippen molar-refractivity contribution in [3.63, 3.8) is 0 Å². The Kier molecular flexibility index (Phi) is 5.58. The summed E-state index contributed by atoms with van der Waals surface area (Å²) in [4.78, 5) is 24.2. The Hall–Kier alpha value is -1.84. The van der Waals surface area contributed by atoms with Gasteiger partial charge in [-0.05, 0) is 24.8 Å². The van der Waals surface area contributed by atoms with E-state index in [1.165, 1.54) is 6.42 Å². The Morgan fingerprint density at radius 3 is 2.36 bits per heavy atom. The number of carboxylic acids is 1. The van der Waals surface area contributed by atoms with Gasteiger partial charge in [-0.3, -0.25) is 9.59 Å². The minimum Gasteiger partial charge on any atom is -0.481 e. The van der Waals surface area contributed by atoms with Gasteiger partial charge in [0.15, 0.2) is 0 Å². The van der Waals surface area contributed by atoms with Crippen LogP contribution in [0.25, 0.3) is 0 Å². The molecule has 1 saturated carbocycles. The fourth-order valence-electron chi connectivity index (χ4n) is 3.29. The first-order valence-corrected chi connectivity index (χ1v) is 8.17. The van der Waals surface area contributed by atoms with Crippen LogP contribution in [0.2, 0.25) is 0 Å². The van der Waals surface area contributed by atoms with E-state index in [1.807, 2.05) is 37.3 Å². The lowest BCUT2D eigenvalue weighted by Gasteiger charge is -2.30. The molecule has 1 atom stereocenters. The molecule has 1 aliphatic carbocycles. The SMILES string of the molecule is CCC(CNC(=O)C1CCCCC1)(C(=O)O)c1ccccc1. The Morgan fingerprint density at radius 1 is 1.18 bits per heavy atom. The summed E-state index contributed by atoms with van der Waals surface area (Å²) in [5.41, 5.74) is -0.306. The molecule has 0 radical (unpaired) electrons. The highest BCUT2D eigenvalue weighted by Gasteiger charge is 2.39. The molecule has 1 aromatic carbocycles. The van der Waals surface area contributed by atoms with Crippen LogP contribution in [0, 0.1) is 5.92 Å². The van der Waals surface area contributed by atoms with Crippen molar-refractivity contribution in [2.45, 2.75) is 50.9 Å². The average molecular weight is 303 g/mol. The highest BCUT2D eigenvalue weighted by molar-refractivity contribution is 5.84. The largest absolute Gasteiger partial charge is 0.481 e. The van der Waals surface area contributed by atoms with Crippen molar-refractivity contribution in [3.05, 3.63) is 35.9 Å². The standard InChI is InChI=1S/C18H25NO3/c1-2-18(17(21)22,15-11-7-4-8-12-15)13-19-16(20)14-9-5-3-6-10-14/h4,7-8,11-12,14H,2-3,5-6,9-10,13H2,1H3,(H,19,20)(H,21,22). The van der Waals surface area contributed by atoms with E-state index in [4.69, 9.17) is 0 Å². The number of nitrogens with one attached hydrogen (secondary N) is 1. The molecule has 1 unspecified atom stereocenters. The van der Waals surface area contributed by atoms with Gasteiger partial charge in [0.05, 0.1) is 0 Å². The Bertz CT molecular complexity index is 508. The molecule has 1 fully saturated rings. The lowest BCUT2D eigenvalue weighted by atomic mass is 9.77. The fraction of sp³-hybridized carbons (Fsp3) is 0.556. The van der Waals surface area contributed by atoms with Crippen molar-refractivity contribution in [3.8, 4) is 0 Å². The van der Waals surface area contributed by atoms with E-state index in [0.717, 1.165) is 31.2 Å². The monoisotopic (exact) mass is 303 g/mol. The number of carboxylic acid groups (broad SMARTS) is 1. The van der Waals surface area contributed by atoms with Crippen LogP contribution in [-0.2, 0) is 15.0 Å².